The lowest BCUT2D eigenvalue weighted by atomic mass is 9.78. The highest BCUT2D eigenvalue weighted by Gasteiger charge is 2.23. The van der Waals surface area contributed by atoms with Crippen molar-refractivity contribution in [1.82, 2.24) is 0 Å². The molecule has 0 saturated carbocycles. The van der Waals surface area contributed by atoms with E-state index in [4.69, 9.17) is 9.47 Å². The Hall–Kier alpha value is -3.72. The maximum Gasteiger partial charge on any atom is 0.119 e. The first-order chi connectivity index (χ1) is 15.5. The Morgan fingerprint density at radius 1 is 0.594 bits per heavy atom. The van der Waals surface area contributed by atoms with Crippen molar-refractivity contribution in [2.45, 2.75) is 32.5 Å². The number of para-hydroxylation sites is 1. The van der Waals surface area contributed by atoms with Gasteiger partial charge in [0.25, 0.3) is 0 Å². The highest BCUT2D eigenvalue weighted by Crippen LogP contribution is 2.33. The second-order valence-electron chi connectivity index (χ2n) is 8.41. The van der Waals surface area contributed by atoms with Gasteiger partial charge in [0.1, 0.15) is 30.5 Å². The van der Waals surface area contributed by atoms with E-state index >= 15 is 0 Å². The maximum absolute atomic E-state index is 9.56. The first-order valence-electron chi connectivity index (χ1n) is 10.8. The van der Waals surface area contributed by atoms with Crippen LogP contribution in [0.15, 0.2) is 103 Å². The van der Waals surface area contributed by atoms with Crippen molar-refractivity contribution in [3.05, 3.63) is 125 Å². The van der Waals surface area contributed by atoms with Crippen molar-refractivity contribution in [3.63, 3.8) is 0 Å². The predicted molar refractivity (Wildman–Crippen MR) is 128 cm³/mol. The molecular formula is C29H28O3. The summed E-state index contributed by atoms with van der Waals surface area (Å²) in [6, 6.07) is 33.7. The highest BCUT2D eigenvalue weighted by molar-refractivity contribution is 5.41. The molecule has 0 spiro atoms. The summed E-state index contributed by atoms with van der Waals surface area (Å²) < 4.78 is 11.9. The number of hydrogen-bond donors (Lipinski definition) is 1. The third-order valence-electron chi connectivity index (χ3n) is 5.71. The van der Waals surface area contributed by atoms with Gasteiger partial charge < -0.3 is 14.6 Å². The lowest BCUT2D eigenvalue weighted by Gasteiger charge is -2.26. The van der Waals surface area contributed by atoms with Gasteiger partial charge >= 0.3 is 0 Å². The first-order valence-corrected chi connectivity index (χ1v) is 10.8. The van der Waals surface area contributed by atoms with Gasteiger partial charge in [0.2, 0.25) is 0 Å². The van der Waals surface area contributed by atoms with Crippen molar-refractivity contribution >= 4 is 0 Å². The second-order valence-corrected chi connectivity index (χ2v) is 8.41. The van der Waals surface area contributed by atoms with Crippen LogP contribution < -0.4 is 9.47 Å². The van der Waals surface area contributed by atoms with Crippen LogP contribution in [-0.4, -0.2) is 5.11 Å². The summed E-state index contributed by atoms with van der Waals surface area (Å²) >= 11 is 0. The third kappa shape index (κ3) is 5.30. The van der Waals surface area contributed by atoms with Crippen molar-refractivity contribution in [2.75, 3.05) is 0 Å². The standard InChI is InChI=1S/C29H28O3/c1-29(2,24-11-15-26(30)16-12-24)25-13-17-28(18-14-25)32-21-23-8-6-7-22(19-23)20-31-27-9-4-3-5-10-27/h3-19,30H,20-21H2,1-2H3. The molecule has 0 saturated heterocycles. The topological polar surface area (TPSA) is 38.7 Å². The Bertz CT molecular complexity index is 1130. The summed E-state index contributed by atoms with van der Waals surface area (Å²) in [5.41, 5.74) is 4.39. The molecule has 0 aliphatic carbocycles. The third-order valence-corrected chi connectivity index (χ3v) is 5.71. The van der Waals surface area contributed by atoms with Gasteiger partial charge in [-0.3, -0.25) is 0 Å². The van der Waals surface area contributed by atoms with E-state index in [1.54, 1.807) is 12.1 Å². The van der Waals surface area contributed by atoms with Gasteiger partial charge in [-0.15, -0.1) is 0 Å². The molecule has 3 nitrogen and oxygen atoms in total. The number of benzene rings is 4. The van der Waals surface area contributed by atoms with Crippen LogP contribution in [0.4, 0.5) is 0 Å². The van der Waals surface area contributed by atoms with Crippen molar-refractivity contribution in [1.29, 1.82) is 0 Å². The summed E-state index contributed by atoms with van der Waals surface area (Å²) in [7, 11) is 0. The zero-order valence-electron chi connectivity index (χ0n) is 18.5. The largest absolute Gasteiger partial charge is 0.508 e. The molecule has 1 N–H and O–H groups in total. The van der Waals surface area contributed by atoms with E-state index in [9.17, 15) is 5.11 Å². The molecule has 4 aromatic rings. The van der Waals surface area contributed by atoms with Gasteiger partial charge in [-0.2, -0.15) is 0 Å². The number of phenols is 1. The lowest BCUT2D eigenvalue weighted by Crippen LogP contribution is -2.18. The van der Waals surface area contributed by atoms with Crippen LogP contribution in [0, 0.1) is 0 Å². The Balaban J connectivity index is 1.36. The highest BCUT2D eigenvalue weighted by atomic mass is 16.5. The number of ether oxygens (including phenoxy) is 2. The number of aromatic hydroxyl groups is 1. The fraction of sp³-hybridized carbons (Fsp3) is 0.172. The fourth-order valence-electron chi connectivity index (χ4n) is 3.67. The molecule has 0 aliphatic heterocycles. The van der Waals surface area contributed by atoms with Crippen LogP contribution in [-0.2, 0) is 18.6 Å². The van der Waals surface area contributed by atoms with E-state index in [1.165, 1.54) is 5.56 Å². The van der Waals surface area contributed by atoms with Gasteiger partial charge in [-0.25, -0.2) is 0 Å². The van der Waals surface area contributed by atoms with Gasteiger partial charge in [0.15, 0.2) is 0 Å². The van der Waals surface area contributed by atoms with Crippen molar-refractivity contribution in [2.24, 2.45) is 0 Å². The molecule has 0 radical (unpaired) electrons. The molecule has 0 bridgehead atoms. The summed E-state index contributed by atoms with van der Waals surface area (Å²) in [6.07, 6.45) is 0. The predicted octanol–water partition coefficient (Wildman–Crippen LogP) is 6.88. The smallest absolute Gasteiger partial charge is 0.119 e. The van der Waals surface area contributed by atoms with Crippen LogP contribution in [0.1, 0.15) is 36.1 Å². The van der Waals surface area contributed by atoms with Crippen LogP contribution in [0.2, 0.25) is 0 Å². The number of rotatable bonds is 8. The Labute approximate surface area is 189 Å². The normalized spacial score (nSPS) is 11.2. The van der Waals surface area contributed by atoms with E-state index in [2.05, 4.69) is 44.2 Å². The second kappa shape index (κ2) is 9.61. The SMILES string of the molecule is CC(C)(c1ccc(O)cc1)c1ccc(OCc2cccc(COc3ccccc3)c2)cc1. The average Bonchev–Trinajstić information content (AvgIpc) is 2.83. The molecule has 0 unspecified atom stereocenters. The molecular weight excluding hydrogens is 396 g/mol. The molecule has 0 aromatic heterocycles. The molecule has 3 heteroatoms. The fourth-order valence-corrected chi connectivity index (χ4v) is 3.67. The molecule has 0 fully saturated rings. The van der Waals surface area contributed by atoms with E-state index in [1.807, 2.05) is 60.7 Å². The first kappa shape index (κ1) is 21.5. The zero-order chi connectivity index (χ0) is 22.4. The van der Waals surface area contributed by atoms with Crippen molar-refractivity contribution in [3.8, 4) is 17.2 Å². The minimum absolute atomic E-state index is 0.167. The Morgan fingerprint density at radius 3 is 1.66 bits per heavy atom. The average molecular weight is 425 g/mol. The maximum atomic E-state index is 9.56. The van der Waals surface area contributed by atoms with E-state index in [0.29, 0.717) is 13.2 Å². The van der Waals surface area contributed by atoms with E-state index in [0.717, 1.165) is 28.2 Å². The van der Waals surface area contributed by atoms with Gasteiger partial charge in [-0.1, -0.05) is 74.5 Å². The monoisotopic (exact) mass is 424 g/mol. The Morgan fingerprint density at radius 2 is 1.09 bits per heavy atom. The summed E-state index contributed by atoms with van der Waals surface area (Å²) in [4.78, 5) is 0. The number of phenolic OH excluding ortho intramolecular Hbond substituents is 1. The summed E-state index contributed by atoms with van der Waals surface area (Å²) in [6.45, 7) is 5.38. The molecule has 0 aliphatic rings. The molecule has 0 heterocycles. The van der Waals surface area contributed by atoms with E-state index < -0.39 is 0 Å². The molecule has 0 atom stereocenters. The van der Waals surface area contributed by atoms with Crippen LogP contribution in [0.3, 0.4) is 0 Å². The Kier molecular flexibility index (Phi) is 6.46. The minimum atomic E-state index is -0.167. The molecule has 162 valence electrons. The van der Waals surface area contributed by atoms with Crippen LogP contribution in [0.25, 0.3) is 0 Å². The quantitative estimate of drug-likeness (QED) is 0.335. The number of hydrogen-bond acceptors (Lipinski definition) is 3. The summed E-state index contributed by atoms with van der Waals surface area (Å²) in [5.74, 6) is 1.98. The molecule has 0 amide bonds. The molecule has 4 aromatic carbocycles. The molecule has 32 heavy (non-hydrogen) atoms. The van der Waals surface area contributed by atoms with E-state index in [-0.39, 0.29) is 11.2 Å². The molecule has 4 rings (SSSR count). The van der Waals surface area contributed by atoms with Gasteiger partial charge in [-0.05, 0) is 64.7 Å². The van der Waals surface area contributed by atoms with Gasteiger partial charge in [0.05, 0.1) is 0 Å². The minimum Gasteiger partial charge on any atom is -0.508 e. The zero-order valence-corrected chi connectivity index (χ0v) is 18.5. The summed E-state index contributed by atoms with van der Waals surface area (Å²) in [5, 5.41) is 9.56. The van der Waals surface area contributed by atoms with Crippen molar-refractivity contribution < 1.29 is 14.6 Å². The van der Waals surface area contributed by atoms with Gasteiger partial charge in [0, 0.05) is 5.41 Å². The van der Waals surface area contributed by atoms with Crippen LogP contribution in [0.5, 0.6) is 17.2 Å². The van der Waals surface area contributed by atoms with Crippen LogP contribution >= 0.6 is 0 Å². The lowest BCUT2D eigenvalue weighted by molar-refractivity contribution is 0.300.